The lowest BCUT2D eigenvalue weighted by Gasteiger charge is -2.28. The topological polar surface area (TPSA) is 3.24 Å². The van der Waals surface area contributed by atoms with E-state index in [1.54, 1.807) is 0 Å². The molecule has 0 aromatic heterocycles. The van der Waals surface area contributed by atoms with E-state index >= 15 is 0 Å². The van der Waals surface area contributed by atoms with Crippen LogP contribution in [-0.4, -0.2) is 29.2 Å². The van der Waals surface area contributed by atoms with E-state index in [4.69, 9.17) is 0 Å². The highest BCUT2D eigenvalue weighted by molar-refractivity contribution is 6.79. The monoisotopic (exact) mass is 159 g/mol. The standard InChI is InChI=1S/C6H17NSi2/c1-6-8-7(2)9(3,4)5/h6H,1,8H2,2-5H3. The summed E-state index contributed by atoms with van der Waals surface area (Å²) in [5.74, 6) is 0. The van der Waals surface area contributed by atoms with Crippen molar-refractivity contribution in [1.82, 2.24) is 4.23 Å². The summed E-state index contributed by atoms with van der Waals surface area (Å²) in [6.07, 6.45) is 0. The lowest BCUT2D eigenvalue weighted by atomic mass is 11.3. The Labute approximate surface area is 61.7 Å². The van der Waals surface area contributed by atoms with E-state index in [0.717, 1.165) is 0 Å². The normalized spacial score (nSPS) is 13.4. The lowest BCUT2D eigenvalue weighted by molar-refractivity contribution is 0.808. The molecule has 0 aromatic carbocycles. The van der Waals surface area contributed by atoms with Crippen LogP contribution in [0, 0.1) is 0 Å². The molecule has 1 nitrogen and oxygen atoms in total. The fourth-order valence-corrected chi connectivity index (χ4v) is 3.43. The molecule has 0 radical (unpaired) electrons. The Morgan fingerprint density at radius 1 is 1.44 bits per heavy atom. The maximum absolute atomic E-state index is 3.76. The molecule has 0 unspecified atom stereocenters. The lowest BCUT2D eigenvalue weighted by Crippen LogP contribution is -2.44. The molecule has 54 valence electrons. The van der Waals surface area contributed by atoms with Crippen LogP contribution >= 0.6 is 0 Å². The van der Waals surface area contributed by atoms with E-state index in [1.165, 1.54) is 0 Å². The Hall–Kier alpha value is 0.134. The highest BCUT2D eigenvalue weighted by Gasteiger charge is 2.17. The second kappa shape index (κ2) is 3.34. The van der Waals surface area contributed by atoms with E-state index in [2.05, 4.69) is 43.2 Å². The predicted molar refractivity (Wildman–Crippen MR) is 49.9 cm³/mol. The Morgan fingerprint density at radius 3 is 2.00 bits per heavy atom. The second-order valence-corrected chi connectivity index (χ2v) is 11.0. The van der Waals surface area contributed by atoms with Gasteiger partial charge in [0.25, 0.3) is 0 Å². The molecule has 0 aliphatic carbocycles. The van der Waals surface area contributed by atoms with Gasteiger partial charge in [-0.25, -0.2) is 0 Å². The molecular weight excluding hydrogens is 142 g/mol. The molecule has 0 saturated heterocycles. The van der Waals surface area contributed by atoms with Crippen LogP contribution in [0.15, 0.2) is 12.3 Å². The van der Waals surface area contributed by atoms with E-state index in [1.807, 2.05) is 0 Å². The minimum atomic E-state index is -0.958. The van der Waals surface area contributed by atoms with Gasteiger partial charge in [-0.15, -0.1) is 6.58 Å². The Morgan fingerprint density at radius 2 is 1.89 bits per heavy atom. The molecule has 0 bridgehead atoms. The molecule has 0 aromatic rings. The molecule has 9 heavy (non-hydrogen) atoms. The van der Waals surface area contributed by atoms with Crippen molar-refractivity contribution in [2.45, 2.75) is 19.6 Å². The molecule has 0 N–H and O–H groups in total. The molecular formula is C6H17NSi2. The minimum absolute atomic E-state index is 0.0992. The van der Waals surface area contributed by atoms with Gasteiger partial charge >= 0.3 is 0 Å². The van der Waals surface area contributed by atoms with Crippen LogP contribution < -0.4 is 0 Å². The smallest absolute Gasteiger partial charge is 0.112 e. The van der Waals surface area contributed by atoms with Crippen LogP contribution in [0.1, 0.15) is 0 Å². The Balaban J connectivity index is 3.72. The SMILES string of the molecule is C=C[SiH2]N(C)[Si](C)(C)C. The summed E-state index contributed by atoms with van der Waals surface area (Å²) in [7, 11) is 1.17. The largest absolute Gasteiger partial charge is 0.350 e. The molecule has 0 atom stereocenters. The highest BCUT2D eigenvalue weighted by atomic mass is 28.4. The summed E-state index contributed by atoms with van der Waals surface area (Å²) in [4.78, 5) is 0. The van der Waals surface area contributed by atoms with Crippen molar-refractivity contribution in [3.8, 4) is 0 Å². The third kappa shape index (κ3) is 3.67. The third-order valence-corrected chi connectivity index (χ3v) is 8.04. The van der Waals surface area contributed by atoms with E-state index < -0.39 is 8.24 Å². The van der Waals surface area contributed by atoms with Gasteiger partial charge in [0.15, 0.2) is 0 Å². The molecule has 0 spiro atoms. The zero-order chi connectivity index (χ0) is 7.49. The van der Waals surface area contributed by atoms with Crippen LogP contribution in [0.4, 0.5) is 0 Å². The summed E-state index contributed by atoms with van der Waals surface area (Å²) in [6, 6.07) is 0. The molecule has 0 heterocycles. The fourth-order valence-electron chi connectivity index (χ4n) is 0.468. The van der Waals surface area contributed by atoms with E-state index in [-0.39, 0.29) is 9.68 Å². The van der Waals surface area contributed by atoms with Crippen molar-refractivity contribution < 1.29 is 0 Å². The first-order chi connectivity index (χ1) is 3.98. The van der Waals surface area contributed by atoms with E-state index in [9.17, 15) is 0 Å². The van der Waals surface area contributed by atoms with Gasteiger partial charge in [-0.1, -0.05) is 25.3 Å². The molecule has 0 rings (SSSR count). The van der Waals surface area contributed by atoms with Crippen LogP contribution in [0.3, 0.4) is 0 Å². The number of rotatable bonds is 3. The van der Waals surface area contributed by atoms with Crippen molar-refractivity contribution in [3.05, 3.63) is 12.3 Å². The second-order valence-electron chi connectivity index (χ2n) is 3.34. The summed E-state index contributed by atoms with van der Waals surface area (Å²) < 4.78 is 2.53. The van der Waals surface area contributed by atoms with Gasteiger partial charge < -0.3 is 4.23 Å². The van der Waals surface area contributed by atoms with Gasteiger partial charge in [-0.2, -0.15) is 0 Å². The van der Waals surface area contributed by atoms with Gasteiger partial charge in [0.05, 0.1) is 0 Å². The van der Waals surface area contributed by atoms with Crippen LogP contribution in [0.25, 0.3) is 0 Å². The summed E-state index contributed by atoms with van der Waals surface area (Å²) in [5.41, 5.74) is 2.10. The number of hydrogen-bond acceptors (Lipinski definition) is 1. The van der Waals surface area contributed by atoms with Crippen molar-refractivity contribution >= 4 is 17.9 Å². The van der Waals surface area contributed by atoms with Gasteiger partial charge in [-0.05, 0) is 7.05 Å². The molecule has 0 aliphatic heterocycles. The molecule has 0 aliphatic rings. The van der Waals surface area contributed by atoms with Crippen molar-refractivity contribution in [2.24, 2.45) is 0 Å². The minimum Gasteiger partial charge on any atom is -0.350 e. The predicted octanol–water partition coefficient (Wildman–Crippen LogP) is 0.980. The van der Waals surface area contributed by atoms with Crippen molar-refractivity contribution in [1.29, 1.82) is 0 Å². The first-order valence-corrected chi connectivity index (χ1v) is 8.20. The molecule has 0 saturated carbocycles. The van der Waals surface area contributed by atoms with E-state index in [0.29, 0.717) is 0 Å². The summed E-state index contributed by atoms with van der Waals surface area (Å²) >= 11 is 0. The zero-order valence-electron chi connectivity index (χ0n) is 6.94. The molecule has 0 amide bonds. The third-order valence-electron chi connectivity index (χ3n) is 1.55. The Bertz CT molecular complexity index is 95.7. The zero-order valence-corrected chi connectivity index (χ0v) is 9.35. The van der Waals surface area contributed by atoms with Crippen LogP contribution in [-0.2, 0) is 0 Å². The first kappa shape index (κ1) is 9.13. The molecule has 3 heteroatoms. The quantitative estimate of drug-likeness (QED) is 0.555. The summed E-state index contributed by atoms with van der Waals surface area (Å²) in [6.45, 7) is 10.9. The van der Waals surface area contributed by atoms with Gasteiger partial charge in [0, 0.05) is 0 Å². The number of hydrogen-bond donors (Lipinski definition) is 0. The average molecular weight is 159 g/mol. The average Bonchev–Trinajstić information content (AvgIpc) is 1.64. The van der Waals surface area contributed by atoms with Crippen LogP contribution in [0.5, 0.6) is 0 Å². The van der Waals surface area contributed by atoms with Crippen molar-refractivity contribution in [2.75, 3.05) is 7.05 Å². The van der Waals surface area contributed by atoms with Gasteiger partial charge in [-0.3, -0.25) is 0 Å². The van der Waals surface area contributed by atoms with Crippen molar-refractivity contribution in [3.63, 3.8) is 0 Å². The Kier molecular flexibility index (Phi) is 3.39. The van der Waals surface area contributed by atoms with Crippen LogP contribution in [0.2, 0.25) is 19.6 Å². The van der Waals surface area contributed by atoms with Gasteiger partial charge in [0.2, 0.25) is 0 Å². The summed E-state index contributed by atoms with van der Waals surface area (Å²) in [5, 5.41) is 0. The maximum atomic E-state index is 3.76. The number of nitrogens with zero attached hydrogens (tertiary/aromatic N) is 1. The fraction of sp³-hybridized carbons (Fsp3) is 0.667. The molecule has 0 fully saturated rings. The highest BCUT2D eigenvalue weighted by Crippen LogP contribution is 2.03. The maximum Gasteiger partial charge on any atom is 0.112 e. The van der Waals surface area contributed by atoms with Gasteiger partial charge in [0.1, 0.15) is 17.9 Å². The first-order valence-electron chi connectivity index (χ1n) is 3.30.